The Bertz CT molecular complexity index is 473. The van der Waals surface area contributed by atoms with Gasteiger partial charge in [-0.3, -0.25) is 0 Å². The van der Waals surface area contributed by atoms with Crippen LogP contribution in [-0.4, -0.2) is 47.4 Å². The van der Waals surface area contributed by atoms with E-state index in [4.69, 9.17) is 10.5 Å². The van der Waals surface area contributed by atoms with Crippen molar-refractivity contribution in [2.24, 2.45) is 0 Å². The molecule has 0 saturated carbocycles. The van der Waals surface area contributed by atoms with E-state index in [9.17, 15) is 9.90 Å². The summed E-state index contributed by atoms with van der Waals surface area (Å²) in [6, 6.07) is 6.76. The minimum absolute atomic E-state index is 0.102. The van der Waals surface area contributed by atoms with Gasteiger partial charge < -0.3 is 25.8 Å². The fourth-order valence-electron chi connectivity index (χ4n) is 2.31. The Kier molecular flexibility index (Phi) is 4.15. The largest absolute Gasteiger partial charge is 0.399 e. The van der Waals surface area contributed by atoms with Crippen LogP contribution in [0.5, 0.6) is 0 Å². The van der Waals surface area contributed by atoms with Crippen molar-refractivity contribution in [3.63, 3.8) is 0 Å². The summed E-state index contributed by atoms with van der Waals surface area (Å²) in [6.45, 7) is 4.55. The number of ether oxygens (including phenoxy) is 1. The molecule has 2 amide bonds. The van der Waals surface area contributed by atoms with Gasteiger partial charge in [0, 0.05) is 11.4 Å². The smallest absolute Gasteiger partial charge is 0.322 e. The lowest BCUT2D eigenvalue weighted by Crippen LogP contribution is -2.56. The molecule has 4 N–H and O–H groups in total. The topological polar surface area (TPSA) is 87.8 Å². The summed E-state index contributed by atoms with van der Waals surface area (Å²) in [5, 5.41) is 12.1. The maximum atomic E-state index is 12.2. The summed E-state index contributed by atoms with van der Waals surface area (Å²) < 4.78 is 5.68. The van der Waals surface area contributed by atoms with Crippen LogP contribution in [0.4, 0.5) is 16.2 Å². The first-order chi connectivity index (χ1) is 9.39. The summed E-state index contributed by atoms with van der Waals surface area (Å²) in [5.41, 5.74) is 6.47. The number of nitrogens with two attached hydrogens (primary N) is 1. The van der Waals surface area contributed by atoms with Crippen molar-refractivity contribution in [1.82, 2.24) is 4.90 Å². The molecule has 1 aliphatic rings. The van der Waals surface area contributed by atoms with Gasteiger partial charge in [0.25, 0.3) is 0 Å². The number of morpholine rings is 1. The first-order valence-electron chi connectivity index (χ1n) is 6.60. The minimum Gasteiger partial charge on any atom is -0.399 e. The van der Waals surface area contributed by atoms with E-state index in [0.717, 1.165) is 0 Å². The van der Waals surface area contributed by atoms with Crippen LogP contribution in [0.1, 0.15) is 13.8 Å². The van der Waals surface area contributed by atoms with E-state index < -0.39 is 5.60 Å². The number of amides is 2. The van der Waals surface area contributed by atoms with Gasteiger partial charge in [0.05, 0.1) is 31.4 Å². The van der Waals surface area contributed by atoms with E-state index in [1.54, 1.807) is 29.2 Å². The van der Waals surface area contributed by atoms with Crippen molar-refractivity contribution in [3.8, 4) is 0 Å². The number of aliphatic hydroxyl groups excluding tert-OH is 1. The van der Waals surface area contributed by atoms with E-state index in [-0.39, 0.29) is 18.7 Å². The Morgan fingerprint density at radius 3 is 2.75 bits per heavy atom. The third-order valence-electron chi connectivity index (χ3n) is 3.13. The van der Waals surface area contributed by atoms with Crippen LogP contribution in [0.2, 0.25) is 0 Å². The molecule has 1 fully saturated rings. The molecule has 20 heavy (non-hydrogen) atoms. The summed E-state index contributed by atoms with van der Waals surface area (Å²) in [5.74, 6) is 0. The van der Waals surface area contributed by atoms with Crippen molar-refractivity contribution >= 4 is 17.4 Å². The second-order valence-electron chi connectivity index (χ2n) is 5.61. The fraction of sp³-hybridized carbons (Fsp3) is 0.500. The third kappa shape index (κ3) is 3.61. The van der Waals surface area contributed by atoms with Crippen molar-refractivity contribution in [1.29, 1.82) is 0 Å². The van der Waals surface area contributed by atoms with Gasteiger partial charge in [-0.15, -0.1) is 0 Å². The molecule has 2 rings (SSSR count). The number of hydrogen-bond acceptors (Lipinski definition) is 4. The van der Waals surface area contributed by atoms with Crippen LogP contribution < -0.4 is 11.1 Å². The molecule has 1 aromatic rings. The number of hydrogen-bond donors (Lipinski definition) is 3. The molecule has 1 heterocycles. The van der Waals surface area contributed by atoms with Crippen molar-refractivity contribution in [2.75, 3.05) is 30.7 Å². The maximum absolute atomic E-state index is 12.2. The second-order valence-corrected chi connectivity index (χ2v) is 5.61. The lowest BCUT2D eigenvalue weighted by atomic mass is 10.1. The number of carbonyl (C=O) groups is 1. The molecular weight excluding hydrogens is 258 g/mol. The zero-order valence-corrected chi connectivity index (χ0v) is 11.8. The molecule has 0 aliphatic carbocycles. The standard InChI is InChI=1S/C14H21N3O3/c1-14(2)9-17(7-12(8-18)20-14)13(19)16-11-5-3-10(15)4-6-11/h3-6,12,18H,7-9,15H2,1-2H3,(H,16,19). The average molecular weight is 279 g/mol. The van der Waals surface area contributed by atoms with Gasteiger partial charge in [0.1, 0.15) is 0 Å². The predicted octanol–water partition coefficient (Wildman–Crippen LogP) is 1.27. The quantitative estimate of drug-likeness (QED) is 0.711. The van der Waals surface area contributed by atoms with E-state index in [1.165, 1.54) is 0 Å². The highest BCUT2D eigenvalue weighted by atomic mass is 16.5. The summed E-state index contributed by atoms with van der Waals surface area (Å²) in [4.78, 5) is 13.9. The number of benzene rings is 1. The zero-order valence-electron chi connectivity index (χ0n) is 11.8. The molecular formula is C14H21N3O3. The Balaban J connectivity index is 2.02. The van der Waals surface area contributed by atoms with Crippen LogP contribution >= 0.6 is 0 Å². The molecule has 1 atom stereocenters. The normalized spacial score (nSPS) is 21.6. The van der Waals surface area contributed by atoms with Crippen LogP contribution in [0.3, 0.4) is 0 Å². The first-order valence-corrected chi connectivity index (χ1v) is 6.60. The van der Waals surface area contributed by atoms with Gasteiger partial charge in [-0.1, -0.05) is 0 Å². The number of nitrogens with zero attached hydrogens (tertiary/aromatic N) is 1. The highest BCUT2D eigenvalue weighted by Crippen LogP contribution is 2.21. The van der Waals surface area contributed by atoms with Crippen LogP contribution in [0.25, 0.3) is 0 Å². The molecule has 0 radical (unpaired) electrons. The number of aliphatic hydroxyl groups is 1. The van der Waals surface area contributed by atoms with E-state index >= 15 is 0 Å². The summed E-state index contributed by atoms with van der Waals surface area (Å²) >= 11 is 0. The molecule has 6 nitrogen and oxygen atoms in total. The number of carbonyl (C=O) groups excluding carboxylic acids is 1. The van der Waals surface area contributed by atoms with Gasteiger partial charge in [-0.25, -0.2) is 4.79 Å². The Hall–Kier alpha value is -1.79. The minimum atomic E-state index is -0.468. The van der Waals surface area contributed by atoms with Gasteiger partial charge in [-0.05, 0) is 38.1 Å². The van der Waals surface area contributed by atoms with E-state index in [1.807, 2.05) is 13.8 Å². The lowest BCUT2D eigenvalue weighted by molar-refractivity contribution is -0.137. The Morgan fingerprint density at radius 2 is 2.15 bits per heavy atom. The first kappa shape index (κ1) is 14.6. The second kappa shape index (κ2) is 5.68. The number of nitrogen functional groups attached to an aromatic ring is 1. The molecule has 1 aliphatic heterocycles. The lowest BCUT2D eigenvalue weighted by Gasteiger charge is -2.42. The van der Waals surface area contributed by atoms with Gasteiger partial charge >= 0.3 is 6.03 Å². The molecule has 1 unspecified atom stereocenters. The van der Waals surface area contributed by atoms with E-state index in [0.29, 0.717) is 24.5 Å². The number of urea groups is 1. The Morgan fingerprint density at radius 1 is 1.50 bits per heavy atom. The summed E-state index contributed by atoms with van der Waals surface area (Å²) in [7, 11) is 0. The molecule has 6 heteroatoms. The van der Waals surface area contributed by atoms with Crippen molar-refractivity contribution in [3.05, 3.63) is 24.3 Å². The molecule has 0 bridgehead atoms. The number of anilines is 2. The highest BCUT2D eigenvalue weighted by Gasteiger charge is 2.35. The third-order valence-corrected chi connectivity index (χ3v) is 3.13. The summed E-state index contributed by atoms with van der Waals surface area (Å²) in [6.07, 6.45) is -0.351. The number of nitrogens with one attached hydrogen (secondary N) is 1. The molecule has 1 aromatic carbocycles. The molecule has 0 aromatic heterocycles. The average Bonchev–Trinajstić information content (AvgIpc) is 2.39. The van der Waals surface area contributed by atoms with E-state index in [2.05, 4.69) is 5.32 Å². The van der Waals surface area contributed by atoms with Gasteiger partial charge in [-0.2, -0.15) is 0 Å². The van der Waals surface area contributed by atoms with Crippen molar-refractivity contribution in [2.45, 2.75) is 25.6 Å². The monoisotopic (exact) mass is 279 g/mol. The predicted molar refractivity (Wildman–Crippen MR) is 77.5 cm³/mol. The van der Waals surface area contributed by atoms with Gasteiger partial charge in [0.2, 0.25) is 0 Å². The van der Waals surface area contributed by atoms with Crippen molar-refractivity contribution < 1.29 is 14.6 Å². The highest BCUT2D eigenvalue weighted by molar-refractivity contribution is 5.89. The Labute approximate surface area is 118 Å². The van der Waals surface area contributed by atoms with Crippen LogP contribution in [-0.2, 0) is 4.74 Å². The maximum Gasteiger partial charge on any atom is 0.322 e. The SMILES string of the molecule is CC1(C)CN(C(=O)Nc2ccc(N)cc2)CC(CO)O1. The zero-order chi connectivity index (χ0) is 14.8. The molecule has 0 spiro atoms. The molecule has 1 saturated heterocycles. The fourth-order valence-corrected chi connectivity index (χ4v) is 2.31. The van der Waals surface area contributed by atoms with Crippen LogP contribution in [0, 0.1) is 0 Å². The van der Waals surface area contributed by atoms with Gasteiger partial charge in [0.15, 0.2) is 0 Å². The molecule has 110 valence electrons. The van der Waals surface area contributed by atoms with Crippen LogP contribution in [0.15, 0.2) is 24.3 Å². The number of rotatable bonds is 2.